The van der Waals surface area contributed by atoms with Gasteiger partial charge in [-0.3, -0.25) is 24.3 Å². The van der Waals surface area contributed by atoms with Crippen LogP contribution >= 0.6 is 22.7 Å². The van der Waals surface area contributed by atoms with Gasteiger partial charge in [-0.1, -0.05) is 0 Å². The van der Waals surface area contributed by atoms with Crippen LogP contribution in [-0.4, -0.2) is 27.5 Å². The van der Waals surface area contributed by atoms with Crippen molar-refractivity contribution < 1.29 is 14.5 Å². The summed E-state index contributed by atoms with van der Waals surface area (Å²) in [7, 11) is 1.39. The summed E-state index contributed by atoms with van der Waals surface area (Å²) >= 11 is 2.95. The summed E-state index contributed by atoms with van der Waals surface area (Å²) in [6.45, 7) is 1.69. The average molecular weight is 457 g/mol. The summed E-state index contributed by atoms with van der Waals surface area (Å²) in [6.07, 6.45) is 1.33. The van der Waals surface area contributed by atoms with Crippen LogP contribution in [0.2, 0.25) is 0 Å². The van der Waals surface area contributed by atoms with Crippen LogP contribution in [-0.2, 0) is 11.3 Å². The molecule has 0 radical (unpaired) electrons. The predicted molar refractivity (Wildman–Crippen MR) is 120 cm³/mol. The SMILES string of the molecule is COc1ccc([N+](=O)[O-])cc1NC(=O)Cn1cnc2scc(-c3ccc(C)s3)c2c1=O. The Bertz CT molecular complexity index is 1370. The highest BCUT2D eigenvalue weighted by Gasteiger charge is 2.17. The van der Waals surface area contributed by atoms with E-state index in [-0.39, 0.29) is 29.2 Å². The molecule has 3 aromatic heterocycles. The number of thiophene rings is 2. The number of anilines is 1. The topological polar surface area (TPSA) is 116 Å². The number of carbonyl (C=O) groups excluding carboxylic acids is 1. The lowest BCUT2D eigenvalue weighted by Crippen LogP contribution is -2.28. The highest BCUT2D eigenvalue weighted by Crippen LogP contribution is 2.35. The van der Waals surface area contributed by atoms with Crippen molar-refractivity contribution in [2.24, 2.45) is 0 Å². The quantitative estimate of drug-likeness (QED) is 0.346. The Kier molecular flexibility index (Phi) is 5.53. The Morgan fingerprint density at radius 3 is 2.81 bits per heavy atom. The molecule has 31 heavy (non-hydrogen) atoms. The molecule has 11 heteroatoms. The summed E-state index contributed by atoms with van der Waals surface area (Å²) in [5.41, 5.74) is 0.429. The van der Waals surface area contributed by atoms with Crippen LogP contribution in [0.5, 0.6) is 5.75 Å². The van der Waals surface area contributed by atoms with Gasteiger partial charge < -0.3 is 10.1 Å². The average Bonchev–Trinajstić information content (AvgIpc) is 3.36. The zero-order valence-electron chi connectivity index (χ0n) is 16.4. The van der Waals surface area contributed by atoms with Crippen LogP contribution in [0.1, 0.15) is 4.88 Å². The molecular weight excluding hydrogens is 440 g/mol. The first-order valence-electron chi connectivity index (χ1n) is 9.03. The van der Waals surface area contributed by atoms with Gasteiger partial charge in [-0.2, -0.15) is 0 Å². The molecule has 0 aliphatic rings. The van der Waals surface area contributed by atoms with Crippen molar-refractivity contribution in [1.82, 2.24) is 9.55 Å². The van der Waals surface area contributed by atoms with Crippen molar-refractivity contribution in [3.05, 3.63) is 67.4 Å². The first-order chi connectivity index (χ1) is 14.9. The molecular formula is C20H16N4O5S2. The molecule has 0 aliphatic heterocycles. The Morgan fingerprint density at radius 1 is 1.32 bits per heavy atom. The molecule has 0 atom stereocenters. The molecule has 0 saturated carbocycles. The number of benzene rings is 1. The fourth-order valence-electron chi connectivity index (χ4n) is 3.09. The van der Waals surface area contributed by atoms with E-state index in [9.17, 15) is 19.7 Å². The Hall–Kier alpha value is -3.57. The number of fused-ring (bicyclic) bond motifs is 1. The third kappa shape index (κ3) is 4.05. The van der Waals surface area contributed by atoms with E-state index in [0.717, 1.165) is 15.3 Å². The number of non-ortho nitro benzene ring substituents is 1. The number of amides is 1. The second kappa shape index (κ2) is 8.28. The molecule has 0 fully saturated rings. The summed E-state index contributed by atoms with van der Waals surface area (Å²) < 4.78 is 6.37. The number of nitro benzene ring substituents is 1. The van der Waals surface area contributed by atoms with Gasteiger partial charge in [0.15, 0.2) is 0 Å². The lowest BCUT2D eigenvalue weighted by Gasteiger charge is -2.11. The highest BCUT2D eigenvalue weighted by atomic mass is 32.1. The Balaban J connectivity index is 1.64. The van der Waals surface area contributed by atoms with Gasteiger partial charge >= 0.3 is 0 Å². The number of methoxy groups -OCH3 is 1. The van der Waals surface area contributed by atoms with E-state index in [1.807, 2.05) is 24.4 Å². The fraction of sp³-hybridized carbons (Fsp3) is 0.150. The van der Waals surface area contributed by atoms with E-state index in [1.54, 1.807) is 11.3 Å². The minimum atomic E-state index is -0.568. The zero-order chi connectivity index (χ0) is 22.1. The van der Waals surface area contributed by atoms with Crippen molar-refractivity contribution in [3.63, 3.8) is 0 Å². The number of hydrogen-bond acceptors (Lipinski definition) is 8. The highest BCUT2D eigenvalue weighted by molar-refractivity contribution is 7.19. The summed E-state index contributed by atoms with van der Waals surface area (Å²) in [5.74, 6) is -0.265. The lowest BCUT2D eigenvalue weighted by molar-refractivity contribution is -0.384. The third-order valence-electron chi connectivity index (χ3n) is 4.55. The second-order valence-electron chi connectivity index (χ2n) is 6.61. The number of hydrogen-bond donors (Lipinski definition) is 1. The predicted octanol–water partition coefficient (Wildman–Crippen LogP) is 4.05. The molecule has 9 nitrogen and oxygen atoms in total. The van der Waals surface area contributed by atoms with Crippen molar-refractivity contribution in [2.45, 2.75) is 13.5 Å². The number of nitro groups is 1. The van der Waals surface area contributed by atoms with Crippen LogP contribution in [0, 0.1) is 17.0 Å². The van der Waals surface area contributed by atoms with Gasteiger partial charge in [0.2, 0.25) is 5.91 Å². The molecule has 0 unspecified atom stereocenters. The normalized spacial score (nSPS) is 10.9. The Morgan fingerprint density at radius 2 is 2.13 bits per heavy atom. The molecule has 0 saturated heterocycles. The van der Waals surface area contributed by atoms with Crippen LogP contribution in [0.25, 0.3) is 20.7 Å². The van der Waals surface area contributed by atoms with Crippen molar-refractivity contribution in [2.75, 3.05) is 12.4 Å². The largest absolute Gasteiger partial charge is 0.495 e. The van der Waals surface area contributed by atoms with E-state index in [0.29, 0.717) is 10.2 Å². The molecule has 1 amide bonds. The summed E-state index contributed by atoms with van der Waals surface area (Å²) in [5, 5.41) is 16.0. The van der Waals surface area contributed by atoms with Gasteiger partial charge in [0.1, 0.15) is 17.1 Å². The van der Waals surface area contributed by atoms with Gasteiger partial charge in [0.25, 0.3) is 11.2 Å². The van der Waals surface area contributed by atoms with E-state index in [4.69, 9.17) is 4.74 Å². The minimum Gasteiger partial charge on any atom is -0.495 e. The van der Waals surface area contributed by atoms with Crippen LogP contribution in [0.4, 0.5) is 11.4 Å². The van der Waals surface area contributed by atoms with Gasteiger partial charge in [-0.05, 0) is 25.1 Å². The molecule has 0 bridgehead atoms. The van der Waals surface area contributed by atoms with E-state index < -0.39 is 10.8 Å². The van der Waals surface area contributed by atoms with Gasteiger partial charge in [-0.25, -0.2) is 4.98 Å². The molecule has 1 aromatic carbocycles. The van der Waals surface area contributed by atoms with Crippen molar-refractivity contribution in [3.8, 4) is 16.2 Å². The molecule has 0 spiro atoms. The smallest absolute Gasteiger partial charge is 0.271 e. The van der Waals surface area contributed by atoms with E-state index in [2.05, 4.69) is 10.3 Å². The number of aryl methyl sites for hydroxylation is 1. The van der Waals surface area contributed by atoms with E-state index in [1.165, 1.54) is 47.5 Å². The standard InChI is InChI=1S/C20H16N4O5S2/c1-11-3-6-16(31-11)13-9-30-19-18(13)20(26)23(10-21-19)8-17(25)22-14-7-12(24(27)28)4-5-15(14)29-2/h3-7,9-10H,8H2,1-2H3,(H,22,25). The number of rotatable bonds is 6. The molecule has 0 aliphatic carbocycles. The van der Waals surface area contributed by atoms with Crippen molar-refractivity contribution >= 4 is 50.2 Å². The minimum absolute atomic E-state index is 0.147. The molecule has 4 rings (SSSR count). The summed E-state index contributed by atoms with van der Waals surface area (Å²) in [6, 6.07) is 7.82. The second-order valence-corrected chi connectivity index (χ2v) is 8.75. The van der Waals surface area contributed by atoms with Gasteiger partial charge in [0.05, 0.1) is 29.4 Å². The maximum atomic E-state index is 13.1. The van der Waals surface area contributed by atoms with Crippen LogP contribution in [0.3, 0.4) is 0 Å². The monoisotopic (exact) mass is 456 g/mol. The first-order valence-corrected chi connectivity index (χ1v) is 10.7. The van der Waals surface area contributed by atoms with E-state index >= 15 is 0 Å². The number of aromatic nitrogens is 2. The molecule has 158 valence electrons. The number of carbonyl (C=O) groups is 1. The zero-order valence-corrected chi connectivity index (χ0v) is 18.1. The number of ether oxygens (including phenoxy) is 1. The van der Waals surface area contributed by atoms with Gasteiger partial charge in [-0.15, -0.1) is 22.7 Å². The fourth-order valence-corrected chi connectivity index (χ4v) is 4.95. The van der Waals surface area contributed by atoms with Crippen LogP contribution < -0.4 is 15.6 Å². The van der Waals surface area contributed by atoms with Crippen LogP contribution in [0.15, 0.2) is 46.8 Å². The lowest BCUT2D eigenvalue weighted by atomic mass is 10.2. The number of nitrogens with zero attached hydrogens (tertiary/aromatic N) is 3. The maximum Gasteiger partial charge on any atom is 0.271 e. The first kappa shape index (κ1) is 20.7. The summed E-state index contributed by atoms with van der Waals surface area (Å²) in [4.78, 5) is 43.1. The Labute approximate surface area is 183 Å². The van der Waals surface area contributed by atoms with Crippen molar-refractivity contribution in [1.29, 1.82) is 0 Å². The third-order valence-corrected chi connectivity index (χ3v) is 6.47. The molecule has 4 aromatic rings. The maximum absolute atomic E-state index is 13.1. The van der Waals surface area contributed by atoms with Gasteiger partial charge in [0, 0.05) is 32.8 Å². The molecule has 3 heterocycles. The molecule has 1 N–H and O–H groups in total. The number of nitrogens with one attached hydrogen (secondary N) is 1.